The number of hydrogen-bond acceptors (Lipinski definition) is 4. The first-order valence-corrected chi connectivity index (χ1v) is 5.88. The second kappa shape index (κ2) is 6.21. The zero-order valence-corrected chi connectivity index (χ0v) is 10.8. The quantitative estimate of drug-likeness (QED) is 0.881. The molecule has 1 aromatic carbocycles. The summed E-state index contributed by atoms with van der Waals surface area (Å²) < 4.78 is 22.8. The number of anilines is 1. The van der Waals surface area contributed by atoms with Crippen molar-refractivity contribution in [2.75, 3.05) is 11.9 Å². The van der Waals surface area contributed by atoms with Crippen molar-refractivity contribution in [1.29, 1.82) is 0 Å². The van der Waals surface area contributed by atoms with Crippen molar-refractivity contribution in [3.63, 3.8) is 0 Å². The lowest BCUT2D eigenvalue weighted by Gasteiger charge is -2.07. The molecular weight excluding hydrogens is 289 g/mol. The number of nitrogens with one attached hydrogen (secondary N) is 1. The number of halogens is 2. The first-order valence-electron chi connectivity index (χ1n) is 5.50. The standard InChI is InChI=1S/C13H9ClFNO4/c14-9-1-2-11(10(15)5-9)16-12(17)7-20-13(18)8-3-4-19-6-8/h1-6H,7H2,(H,16,17). The fraction of sp³-hybridized carbons (Fsp3) is 0.0769. The fourth-order valence-corrected chi connectivity index (χ4v) is 1.53. The van der Waals surface area contributed by atoms with E-state index in [-0.39, 0.29) is 16.3 Å². The fourth-order valence-electron chi connectivity index (χ4n) is 1.37. The monoisotopic (exact) mass is 297 g/mol. The Morgan fingerprint density at radius 3 is 2.80 bits per heavy atom. The highest BCUT2D eigenvalue weighted by atomic mass is 35.5. The molecule has 0 fully saturated rings. The smallest absolute Gasteiger partial charge is 0.341 e. The molecular formula is C13H9ClFNO4. The summed E-state index contributed by atoms with van der Waals surface area (Å²) in [5.74, 6) is -2.04. The Morgan fingerprint density at radius 1 is 1.35 bits per heavy atom. The lowest BCUT2D eigenvalue weighted by atomic mass is 10.3. The van der Waals surface area contributed by atoms with Gasteiger partial charge in [-0.25, -0.2) is 9.18 Å². The molecule has 0 spiro atoms. The summed E-state index contributed by atoms with van der Waals surface area (Å²) in [7, 11) is 0. The van der Waals surface area contributed by atoms with Crippen LogP contribution in [0.3, 0.4) is 0 Å². The van der Waals surface area contributed by atoms with Gasteiger partial charge in [0.2, 0.25) is 0 Å². The van der Waals surface area contributed by atoms with Crippen molar-refractivity contribution in [2.45, 2.75) is 0 Å². The third-order valence-electron chi connectivity index (χ3n) is 2.30. The van der Waals surface area contributed by atoms with E-state index in [4.69, 9.17) is 20.8 Å². The third kappa shape index (κ3) is 3.58. The predicted octanol–water partition coefficient (Wildman–Crippen LogP) is 2.87. The van der Waals surface area contributed by atoms with E-state index in [1.54, 1.807) is 0 Å². The molecule has 0 aliphatic heterocycles. The van der Waals surface area contributed by atoms with Gasteiger partial charge in [-0.1, -0.05) is 11.6 Å². The molecule has 2 aromatic rings. The maximum absolute atomic E-state index is 13.4. The minimum Gasteiger partial charge on any atom is -0.472 e. The molecule has 7 heteroatoms. The highest BCUT2D eigenvalue weighted by Crippen LogP contribution is 2.18. The van der Waals surface area contributed by atoms with E-state index in [9.17, 15) is 14.0 Å². The van der Waals surface area contributed by atoms with Gasteiger partial charge in [-0.15, -0.1) is 0 Å². The maximum atomic E-state index is 13.4. The molecule has 0 radical (unpaired) electrons. The highest BCUT2D eigenvalue weighted by molar-refractivity contribution is 6.30. The van der Waals surface area contributed by atoms with E-state index in [1.165, 1.54) is 30.7 Å². The van der Waals surface area contributed by atoms with Crippen molar-refractivity contribution in [1.82, 2.24) is 0 Å². The highest BCUT2D eigenvalue weighted by Gasteiger charge is 2.12. The molecule has 0 bridgehead atoms. The van der Waals surface area contributed by atoms with Crippen LogP contribution in [0.1, 0.15) is 10.4 Å². The van der Waals surface area contributed by atoms with Crippen LogP contribution in [0, 0.1) is 5.82 Å². The number of furan rings is 1. The Bertz CT molecular complexity index is 627. The zero-order chi connectivity index (χ0) is 14.5. The van der Waals surface area contributed by atoms with Crippen molar-refractivity contribution in [2.24, 2.45) is 0 Å². The number of esters is 1. The molecule has 20 heavy (non-hydrogen) atoms. The van der Waals surface area contributed by atoms with Crippen molar-refractivity contribution in [3.8, 4) is 0 Å². The number of rotatable bonds is 4. The minimum atomic E-state index is -0.703. The molecule has 0 saturated carbocycles. The Labute approximate surface area is 118 Å². The van der Waals surface area contributed by atoms with Crippen LogP contribution in [-0.4, -0.2) is 18.5 Å². The number of carbonyl (C=O) groups excluding carboxylic acids is 2. The Hall–Kier alpha value is -2.34. The van der Waals surface area contributed by atoms with Gasteiger partial charge >= 0.3 is 5.97 Å². The van der Waals surface area contributed by atoms with Gasteiger partial charge in [-0.2, -0.15) is 0 Å². The van der Waals surface area contributed by atoms with E-state index in [0.717, 1.165) is 6.07 Å². The number of carbonyl (C=O) groups is 2. The van der Waals surface area contributed by atoms with E-state index >= 15 is 0 Å². The summed E-state index contributed by atoms with van der Waals surface area (Å²) in [5.41, 5.74) is 0.147. The second-order valence-electron chi connectivity index (χ2n) is 3.76. The summed E-state index contributed by atoms with van der Waals surface area (Å²) >= 11 is 5.58. The number of hydrogen-bond donors (Lipinski definition) is 1. The molecule has 0 saturated heterocycles. The maximum Gasteiger partial charge on any atom is 0.341 e. The van der Waals surface area contributed by atoms with Crippen LogP contribution in [-0.2, 0) is 9.53 Å². The molecule has 1 N–H and O–H groups in total. The normalized spacial score (nSPS) is 10.1. The number of benzene rings is 1. The van der Waals surface area contributed by atoms with Crippen LogP contribution in [0.15, 0.2) is 41.2 Å². The van der Waals surface area contributed by atoms with Gasteiger partial charge in [0.05, 0.1) is 17.5 Å². The van der Waals surface area contributed by atoms with Crippen molar-refractivity contribution >= 4 is 29.2 Å². The van der Waals surface area contributed by atoms with Gasteiger partial charge in [0.1, 0.15) is 12.1 Å². The first-order chi connectivity index (χ1) is 9.56. The van der Waals surface area contributed by atoms with Crippen LogP contribution in [0.5, 0.6) is 0 Å². The van der Waals surface area contributed by atoms with Gasteiger partial charge in [-0.05, 0) is 24.3 Å². The number of amides is 1. The third-order valence-corrected chi connectivity index (χ3v) is 2.53. The van der Waals surface area contributed by atoms with Gasteiger partial charge in [0.25, 0.3) is 5.91 Å². The van der Waals surface area contributed by atoms with E-state index in [2.05, 4.69) is 5.32 Å². The summed E-state index contributed by atoms with van der Waals surface area (Å²) in [6, 6.07) is 5.21. The molecule has 104 valence electrons. The lowest BCUT2D eigenvalue weighted by Crippen LogP contribution is -2.21. The lowest BCUT2D eigenvalue weighted by molar-refractivity contribution is -0.119. The second-order valence-corrected chi connectivity index (χ2v) is 4.20. The molecule has 1 amide bonds. The molecule has 0 aliphatic rings. The summed E-state index contributed by atoms with van der Waals surface area (Å²) in [5, 5.41) is 2.48. The molecule has 1 aromatic heterocycles. The van der Waals surface area contributed by atoms with Gasteiger partial charge in [-0.3, -0.25) is 4.79 Å². The van der Waals surface area contributed by atoms with Crippen LogP contribution < -0.4 is 5.32 Å². The van der Waals surface area contributed by atoms with Crippen LogP contribution >= 0.6 is 11.6 Å². The average molecular weight is 298 g/mol. The Balaban J connectivity index is 1.88. The van der Waals surface area contributed by atoms with Gasteiger partial charge in [0.15, 0.2) is 6.61 Å². The summed E-state index contributed by atoms with van der Waals surface area (Å²) in [6.45, 7) is -0.536. The molecule has 2 rings (SSSR count). The minimum absolute atomic E-state index is 0.0428. The molecule has 0 unspecified atom stereocenters. The Morgan fingerprint density at radius 2 is 2.15 bits per heavy atom. The number of ether oxygens (including phenoxy) is 1. The molecule has 1 heterocycles. The Kier molecular flexibility index (Phi) is 4.37. The van der Waals surface area contributed by atoms with Crippen LogP contribution in [0.2, 0.25) is 5.02 Å². The van der Waals surface area contributed by atoms with E-state index in [0.29, 0.717) is 0 Å². The van der Waals surface area contributed by atoms with E-state index in [1.807, 2.05) is 0 Å². The topological polar surface area (TPSA) is 68.5 Å². The zero-order valence-electron chi connectivity index (χ0n) is 10.1. The summed E-state index contributed by atoms with van der Waals surface area (Å²) in [4.78, 5) is 22.9. The van der Waals surface area contributed by atoms with Crippen LogP contribution in [0.25, 0.3) is 0 Å². The predicted molar refractivity (Wildman–Crippen MR) is 69.0 cm³/mol. The van der Waals surface area contributed by atoms with Crippen molar-refractivity contribution < 1.29 is 23.1 Å². The average Bonchev–Trinajstić information content (AvgIpc) is 2.93. The van der Waals surface area contributed by atoms with Crippen molar-refractivity contribution in [3.05, 3.63) is 53.2 Å². The van der Waals surface area contributed by atoms with E-state index < -0.39 is 24.3 Å². The molecule has 5 nitrogen and oxygen atoms in total. The first kappa shape index (κ1) is 14.1. The largest absolute Gasteiger partial charge is 0.472 e. The van der Waals surface area contributed by atoms with Crippen LogP contribution in [0.4, 0.5) is 10.1 Å². The summed E-state index contributed by atoms with van der Waals surface area (Å²) in [6.07, 6.45) is 2.50. The SMILES string of the molecule is O=C(COC(=O)c1ccoc1)Nc1ccc(Cl)cc1F. The van der Waals surface area contributed by atoms with Gasteiger partial charge in [0, 0.05) is 5.02 Å². The van der Waals surface area contributed by atoms with Gasteiger partial charge < -0.3 is 14.5 Å². The molecule has 0 atom stereocenters. The molecule has 0 aliphatic carbocycles.